The van der Waals surface area contributed by atoms with E-state index in [4.69, 9.17) is 0 Å². The highest BCUT2D eigenvalue weighted by molar-refractivity contribution is 5.58. The van der Waals surface area contributed by atoms with Gasteiger partial charge in [0.2, 0.25) is 0 Å². The largest absolute Gasteiger partial charge is 0.392 e. The molecule has 0 aliphatic carbocycles. The summed E-state index contributed by atoms with van der Waals surface area (Å²) in [5.74, 6) is 0.698. The molecule has 116 valence electrons. The van der Waals surface area contributed by atoms with Crippen molar-refractivity contribution in [3.8, 4) is 0 Å². The molecular weight excluding hydrogens is 268 g/mol. The summed E-state index contributed by atoms with van der Waals surface area (Å²) < 4.78 is 0. The van der Waals surface area contributed by atoms with Crippen molar-refractivity contribution in [3.63, 3.8) is 0 Å². The van der Waals surface area contributed by atoms with Crippen molar-refractivity contribution in [2.24, 2.45) is 11.3 Å². The molecule has 1 aliphatic heterocycles. The van der Waals surface area contributed by atoms with Crippen LogP contribution in [0.1, 0.15) is 39.2 Å². The molecule has 1 aromatic carbocycles. The topological polar surface area (TPSA) is 66.6 Å². The normalized spacial score (nSPS) is 17.0. The van der Waals surface area contributed by atoms with Crippen molar-refractivity contribution >= 4 is 11.4 Å². The van der Waals surface area contributed by atoms with Crippen LogP contribution in [-0.4, -0.2) is 23.1 Å². The molecule has 1 heterocycles. The van der Waals surface area contributed by atoms with E-state index < -0.39 is 4.92 Å². The number of nitrogens with zero attached hydrogens (tertiary/aromatic N) is 2. The third-order valence-corrected chi connectivity index (χ3v) is 4.50. The zero-order valence-electron chi connectivity index (χ0n) is 13.0. The lowest BCUT2D eigenvalue weighted by Crippen LogP contribution is -2.38. The predicted molar refractivity (Wildman–Crippen MR) is 83.4 cm³/mol. The van der Waals surface area contributed by atoms with E-state index in [0.29, 0.717) is 16.9 Å². The maximum atomic E-state index is 10.8. The van der Waals surface area contributed by atoms with Gasteiger partial charge in [0.1, 0.15) is 0 Å². The summed E-state index contributed by atoms with van der Waals surface area (Å²) in [6, 6.07) is 4.76. The van der Waals surface area contributed by atoms with E-state index in [-0.39, 0.29) is 12.3 Å². The molecule has 5 nitrogen and oxygen atoms in total. The van der Waals surface area contributed by atoms with Gasteiger partial charge in [-0.1, -0.05) is 20.8 Å². The molecule has 2 rings (SSSR count). The number of nitro benzene ring substituents is 1. The Bertz CT molecular complexity index is 515. The first-order valence-electron chi connectivity index (χ1n) is 7.46. The highest BCUT2D eigenvalue weighted by atomic mass is 16.6. The number of aliphatic hydroxyl groups excluding tert-OH is 1. The second-order valence-corrected chi connectivity index (χ2v) is 6.86. The average Bonchev–Trinajstić information content (AvgIpc) is 2.45. The SMILES string of the molecule is CC(C)(C)C1CCN(c2ccc([N+](=O)[O-])cc2CO)CC1. The Morgan fingerprint density at radius 1 is 1.33 bits per heavy atom. The molecule has 21 heavy (non-hydrogen) atoms. The number of hydrogen-bond acceptors (Lipinski definition) is 4. The Hall–Kier alpha value is -1.62. The number of benzene rings is 1. The van der Waals surface area contributed by atoms with Crippen LogP contribution in [0.3, 0.4) is 0 Å². The molecule has 0 saturated carbocycles. The maximum absolute atomic E-state index is 10.8. The average molecular weight is 292 g/mol. The van der Waals surface area contributed by atoms with Crippen LogP contribution < -0.4 is 4.90 Å². The van der Waals surface area contributed by atoms with Crippen molar-refractivity contribution in [2.75, 3.05) is 18.0 Å². The fourth-order valence-corrected chi connectivity index (χ4v) is 3.11. The van der Waals surface area contributed by atoms with Crippen LogP contribution >= 0.6 is 0 Å². The Morgan fingerprint density at radius 3 is 2.43 bits per heavy atom. The van der Waals surface area contributed by atoms with Gasteiger partial charge < -0.3 is 10.0 Å². The van der Waals surface area contributed by atoms with Crippen LogP contribution in [0.15, 0.2) is 18.2 Å². The third-order valence-electron chi connectivity index (χ3n) is 4.50. The van der Waals surface area contributed by atoms with E-state index in [1.165, 1.54) is 12.1 Å². The van der Waals surface area contributed by atoms with Gasteiger partial charge >= 0.3 is 0 Å². The van der Waals surface area contributed by atoms with Crippen molar-refractivity contribution < 1.29 is 10.0 Å². The van der Waals surface area contributed by atoms with E-state index in [1.807, 2.05) is 0 Å². The van der Waals surface area contributed by atoms with Gasteiger partial charge in [-0.25, -0.2) is 0 Å². The Kier molecular flexibility index (Phi) is 4.52. The summed E-state index contributed by atoms with van der Waals surface area (Å²) in [4.78, 5) is 12.6. The summed E-state index contributed by atoms with van der Waals surface area (Å²) in [5, 5.41) is 20.3. The van der Waals surface area contributed by atoms with Crippen molar-refractivity contribution in [1.29, 1.82) is 0 Å². The molecule has 1 saturated heterocycles. The van der Waals surface area contributed by atoms with Gasteiger partial charge in [-0.05, 0) is 30.2 Å². The van der Waals surface area contributed by atoms with Crippen molar-refractivity contribution in [3.05, 3.63) is 33.9 Å². The van der Waals surface area contributed by atoms with Crippen LogP contribution in [-0.2, 0) is 6.61 Å². The van der Waals surface area contributed by atoms with Gasteiger partial charge in [0.15, 0.2) is 0 Å². The molecule has 0 amide bonds. The highest BCUT2D eigenvalue weighted by Gasteiger charge is 2.29. The molecule has 1 aromatic rings. The smallest absolute Gasteiger partial charge is 0.269 e. The fraction of sp³-hybridized carbons (Fsp3) is 0.625. The monoisotopic (exact) mass is 292 g/mol. The molecule has 0 aromatic heterocycles. The summed E-state index contributed by atoms with van der Waals surface area (Å²) in [6.07, 6.45) is 2.23. The lowest BCUT2D eigenvalue weighted by molar-refractivity contribution is -0.384. The predicted octanol–water partition coefficient (Wildman–Crippen LogP) is 3.35. The van der Waals surface area contributed by atoms with E-state index >= 15 is 0 Å². The number of piperidine rings is 1. The minimum Gasteiger partial charge on any atom is -0.392 e. The zero-order valence-corrected chi connectivity index (χ0v) is 13.0. The molecule has 1 N–H and O–H groups in total. The Labute approximate surface area is 125 Å². The van der Waals surface area contributed by atoms with Crippen LogP contribution in [0.4, 0.5) is 11.4 Å². The standard InChI is InChI=1S/C16H24N2O3/c1-16(2,3)13-6-8-17(9-7-13)15-5-4-14(18(20)21)10-12(15)11-19/h4-5,10,13,19H,6-9,11H2,1-3H3. The van der Waals surface area contributed by atoms with Gasteiger partial charge in [0, 0.05) is 36.5 Å². The van der Waals surface area contributed by atoms with Gasteiger partial charge in [-0.15, -0.1) is 0 Å². The van der Waals surface area contributed by atoms with E-state index in [1.54, 1.807) is 6.07 Å². The highest BCUT2D eigenvalue weighted by Crippen LogP contribution is 2.36. The second-order valence-electron chi connectivity index (χ2n) is 6.86. The minimum absolute atomic E-state index is 0.0346. The van der Waals surface area contributed by atoms with Gasteiger partial charge in [0.05, 0.1) is 11.5 Å². The molecule has 1 fully saturated rings. The molecule has 0 spiro atoms. The van der Waals surface area contributed by atoms with Gasteiger partial charge in [-0.2, -0.15) is 0 Å². The van der Waals surface area contributed by atoms with E-state index in [9.17, 15) is 15.2 Å². The number of nitro groups is 1. The van der Waals surface area contributed by atoms with Gasteiger partial charge in [-0.3, -0.25) is 10.1 Å². The molecule has 0 atom stereocenters. The summed E-state index contributed by atoms with van der Waals surface area (Å²) in [6.45, 7) is 8.53. The van der Waals surface area contributed by atoms with Crippen LogP contribution in [0.2, 0.25) is 0 Å². The number of aliphatic hydroxyl groups is 1. The summed E-state index contributed by atoms with van der Waals surface area (Å²) in [7, 11) is 0. The van der Waals surface area contributed by atoms with Crippen LogP contribution in [0.5, 0.6) is 0 Å². The molecule has 0 radical (unpaired) electrons. The second kappa shape index (κ2) is 6.02. The van der Waals surface area contributed by atoms with E-state index in [2.05, 4.69) is 25.7 Å². The zero-order chi connectivity index (χ0) is 15.6. The minimum atomic E-state index is -0.422. The lowest BCUT2D eigenvalue weighted by atomic mass is 9.75. The number of non-ortho nitro benzene ring substituents is 1. The van der Waals surface area contributed by atoms with Crippen LogP contribution in [0.25, 0.3) is 0 Å². The molecule has 0 bridgehead atoms. The first-order valence-corrected chi connectivity index (χ1v) is 7.46. The number of rotatable bonds is 3. The molecular formula is C16H24N2O3. The van der Waals surface area contributed by atoms with Crippen molar-refractivity contribution in [1.82, 2.24) is 0 Å². The Balaban J connectivity index is 2.15. The third kappa shape index (κ3) is 3.53. The number of hydrogen-bond donors (Lipinski definition) is 1. The molecule has 0 unspecified atom stereocenters. The quantitative estimate of drug-likeness (QED) is 0.685. The van der Waals surface area contributed by atoms with Gasteiger partial charge in [0.25, 0.3) is 5.69 Å². The Morgan fingerprint density at radius 2 is 1.95 bits per heavy atom. The molecule has 5 heteroatoms. The fourth-order valence-electron chi connectivity index (χ4n) is 3.11. The number of anilines is 1. The van der Waals surface area contributed by atoms with Crippen LogP contribution in [0, 0.1) is 21.4 Å². The van der Waals surface area contributed by atoms with E-state index in [0.717, 1.165) is 31.6 Å². The van der Waals surface area contributed by atoms with Crippen molar-refractivity contribution in [2.45, 2.75) is 40.2 Å². The lowest BCUT2D eigenvalue weighted by Gasteiger charge is -2.40. The summed E-state index contributed by atoms with van der Waals surface area (Å²) in [5.41, 5.74) is 1.92. The summed E-state index contributed by atoms with van der Waals surface area (Å²) >= 11 is 0. The first-order chi connectivity index (χ1) is 9.82. The maximum Gasteiger partial charge on any atom is 0.269 e. The first kappa shape index (κ1) is 15.8. The molecule has 1 aliphatic rings.